The smallest absolute Gasteiger partial charge is 0.121 e. The van der Waals surface area contributed by atoms with Crippen LogP contribution in [0.4, 0.5) is 5.69 Å². The van der Waals surface area contributed by atoms with E-state index in [9.17, 15) is 5.26 Å². The molecule has 132 valence electrons. The Morgan fingerprint density at radius 2 is 1.96 bits per heavy atom. The third kappa shape index (κ3) is 2.79. The minimum absolute atomic E-state index is 0.412. The molecular formula is C21H20ClN3O. The van der Waals surface area contributed by atoms with Crippen molar-refractivity contribution in [3.8, 4) is 23.1 Å². The summed E-state index contributed by atoms with van der Waals surface area (Å²) >= 11 is 5.74. The lowest BCUT2D eigenvalue weighted by molar-refractivity contribution is 0.323. The molecule has 0 radical (unpaired) electrons. The molecule has 1 heterocycles. The highest BCUT2D eigenvalue weighted by Gasteiger charge is 2.27. The van der Waals surface area contributed by atoms with Gasteiger partial charge in [-0.15, -0.1) is 11.6 Å². The van der Waals surface area contributed by atoms with Gasteiger partial charge in [0.25, 0.3) is 0 Å². The van der Waals surface area contributed by atoms with Crippen molar-refractivity contribution in [1.29, 1.82) is 5.26 Å². The van der Waals surface area contributed by atoms with Gasteiger partial charge in [0.15, 0.2) is 0 Å². The van der Waals surface area contributed by atoms with E-state index in [1.165, 1.54) is 6.42 Å². The van der Waals surface area contributed by atoms with Gasteiger partial charge in [-0.3, -0.25) is 0 Å². The van der Waals surface area contributed by atoms with Crippen molar-refractivity contribution in [3.63, 3.8) is 0 Å². The van der Waals surface area contributed by atoms with Crippen LogP contribution >= 0.6 is 11.6 Å². The van der Waals surface area contributed by atoms with E-state index in [1.807, 2.05) is 42.5 Å². The number of anilines is 1. The molecule has 1 fully saturated rings. The fourth-order valence-electron chi connectivity index (χ4n) is 3.60. The van der Waals surface area contributed by atoms with Crippen LogP contribution in [-0.4, -0.2) is 17.1 Å². The SMILES string of the molecule is N#Cc1c(-c2ccc(N)cc2)n(C2CCC2)c2cc(OCCCl)ccc12. The molecule has 3 aromatic rings. The Morgan fingerprint density at radius 3 is 2.58 bits per heavy atom. The summed E-state index contributed by atoms with van der Waals surface area (Å²) in [4.78, 5) is 0. The number of benzene rings is 2. The maximum Gasteiger partial charge on any atom is 0.121 e. The molecule has 0 unspecified atom stereocenters. The minimum Gasteiger partial charge on any atom is -0.492 e. The van der Waals surface area contributed by atoms with Gasteiger partial charge in [-0.1, -0.05) is 12.1 Å². The zero-order chi connectivity index (χ0) is 18.1. The van der Waals surface area contributed by atoms with E-state index in [2.05, 4.69) is 10.6 Å². The van der Waals surface area contributed by atoms with Gasteiger partial charge >= 0.3 is 0 Å². The summed E-state index contributed by atoms with van der Waals surface area (Å²) in [5, 5.41) is 10.9. The number of nitrogens with two attached hydrogens (primary N) is 1. The molecule has 4 rings (SSSR count). The summed E-state index contributed by atoms with van der Waals surface area (Å²) < 4.78 is 8.03. The van der Waals surface area contributed by atoms with Gasteiger partial charge < -0.3 is 15.0 Å². The number of hydrogen-bond acceptors (Lipinski definition) is 3. The Kier molecular flexibility index (Phi) is 4.48. The van der Waals surface area contributed by atoms with Crippen LogP contribution in [0.5, 0.6) is 5.75 Å². The molecule has 1 saturated carbocycles. The Bertz CT molecular complexity index is 981. The molecule has 2 aromatic carbocycles. The lowest BCUT2D eigenvalue weighted by Crippen LogP contribution is -2.17. The summed E-state index contributed by atoms with van der Waals surface area (Å²) in [6.07, 6.45) is 3.47. The maximum atomic E-state index is 9.89. The van der Waals surface area contributed by atoms with Crippen LogP contribution < -0.4 is 10.5 Å². The first kappa shape index (κ1) is 16.8. The first-order chi connectivity index (χ1) is 12.7. The number of halogens is 1. The third-order valence-corrected chi connectivity index (χ3v) is 5.21. The van der Waals surface area contributed by atoms with Crippen molar-refractivity contribution in [2.24, 2.45) is 0 Å². The molecule has 0 atom stereocenters. The normalized spacial score (nSPS) is 14.2. The summed E-state index contributed by atoms with van der Waals surface area (Å²) in [5.41, 5.74) is 10.3. The monoisotopic (exact) mass is 365 g/mol. The van der Waals surface area contributed by atoms with Crippen LogP contribution in [0.2, 0.25) is 0 Å². The maximum absolute atomic E-state index is 9.89. The fraction of sp³-hybridized carbons (Fsp3) is 0.286. The molecule has 0 spiro atoms. The average molecular weight is 366 g/mol. The van der Waals surface area contributed by atoms with Crippen LogP contribution in [0.1, 0.15) is 30.9 Å². The number of fused-ring (bicyclic) bond motifs is 1. The molecule has 1 aromatic heterocycles. The average Bonchev–Trinajstić information content (AvgIpc) is 2.93. The quantitative estimate of drug-likeness (QED) is 0.505. The zero-order valence-corrected chi connectivity index (χ0v) is 15.2. The second-order valence-electron chi connectivity index (χ2n) is 6.63. The number of rotatable bonds is 5. The molecule has 4 nitrogen and oxygen atoms in total. The van der Waals surface area contributed by atoms with E-state index in [-0.39, 0.29) is 0 Å². The van der Waals surface area contributed by atoms with E-state index in [0.717, 1.165) is 46.4 Å². The van der Waals surface area contributed by atoms with E-state index < -0.39 is 0 Å². The Hall–Kier alpha value is -2.64. The third-order valence-electron chi connectivity index (χ3n) is 5.06. The Labute approximate surface area is 157 Å². The van der Waals surface area contributed by atoms with Gasteiger partial charge in [-0.2, -0.15) is 5.26 Å². The van der Waals surface area contributed by atoms with Crippen LogP contribution in [0.3, 0.4) is 0 Å². The highest BCUT2D eigenvalue weighted by molar-refractivity contribution is 6.18. The van der Waals surface area contributed by atoms with Crippen LogP contribution in [0.15, 0.2) is 42.5 Å². The van der Waals surface area contributed by atoms with Crippen molar-refractivity contribution >= 4 is 28.2 Å². The lowest BCUT2D eigenvalue weighted by atomic mass is 9.92. The number of aromatic nitrogens is 1. The van der Waals surface area contributed by atoms with Crippen LogP contribution in [0.25, 0.3) is 22.2 Å². The zero-order valence-electron chi connectivity index (χ0n) is 14.4. The number of nitrogens with zero attached hydrogens (tertiary/aromatic N) is 2. The molecule has 1 aliphatic rings. The van der Waals surface area contributed by atoms with Gasteiger partial charge in [0.1, 0.15) is 18.4 Å². The molecule has 26 heavy (non-hydrogen) atoms. The highest BCUT2D eigenvalue weighted by atomic mass is 35.5. The van der Waals surface area contributed by atoms with Gasteiger partial charge in [0.2, 0.25) is 0 Å². The molecule has 1 aliphatic carbocycles. The number of hydrogen-bond donors (Lipinski definition) is 1. The molecular weight excluding hydrogens is 346 g/mol. The van der Waals surface area contributed by atoms with Crippen molar-refractivity contribution < 1.29 is 4.74 Å². The summed E-state index contributed by atoms with van der Waals surface area (Å²) in [5.74, 6) is 1.23. The predicted octanol–water partition coefficient (Wildman–Crippen LogP) is 5.10. The predicted molar refractivity (Wildman–Crippen MR) is 106 cm³/mol. The van der Waals surface area contributed by atoms with Gasteiger partial charge in [-0.05, 0) is 49.1 Å². The first-order valence-electron chi connectivity index (χ1n) is 8.85. The van der Waals surface area contributed by atoms with E-state index in [4.69, 9.17) is 22.1 Å². The molecule has 0 aliphatic heterocycles. The van der Waals surface area contributed by atoms with E-state index in [0.29, 0.717) is 24.1 Å². The van der Waals surface area contributed by atoms with Gasteiger partial charge in [0, 0.05) is 23.2 Å². The van der Waals surface area contributed by atoms with E-state index in [1.54, 1.807) is 0 Å². The molecule has 0 saturated heterocycles. The second kappa shape index (κ2) is 6.93. The standard InChI is InChI=1S/C21H20ClN3O/c22-10-11-26-17-8-9-18-19(13-23)21(14-4-6-15(24)7-5-14)25(20(18)12-17)16-2-1-3-16/h4-9,12,16H,1-3,10-11,24H2. The Balaban J connectivity index is 1.96. The largest absolute Gasteiger partial charge is 0.492 e. The fourth-order valence-corrected chi connectivity index (χ4v) is 3.68. The summed E-state index contributed by atoms with van der Waals surface area (Å²) in [6.45, 7) is 0.465. The molecule has 2 N–H and O–H groups in total. The molecule has 0 amide bonds. The topological polar surface area (TPSA) is 64.0 Å². The molecule has 0 bridgehead atoms. The minimum atomic E-state index is 0.412. The van der Waals surface area contributed by atoms with Gasteiger partial charge in [-0.25, -0.2) is 0 Å². The lowest BCUT2D eigenvalue weighted by Gasteiger charge is -2.30. The van der Waals surface area contributed by atoms with Gasteiger partial charge in [0.05, 0.1) is 22.7 Å². The van der Waals surface area contributed by atoms with E-state index >= 15 is 0 Å². The summed E-state index contributed by atoms with van der Waals surface area (Å²) in [7, 11) is 0. The second-order valence-corrected chi connectivity index (χ2v) is 7.01. The first-order valence-corrected chi connectivity index (χ1v) is 9.39. The summed E-state index contributed by atoms with van der Waals surface area (Å²) in [6, 6.07) is 16.5. The van der Waals surface area contributed by atoms with Crippen molar-refractivity contribution in [1.82, 2.24) is 4.57 Å². The Morgan fingerprint density at radius 1 is 1.19 bits per heavy atom. The van der Waals surface area contributed by atoms with Crippen LogP contribution in [0, 0.1) is 11.3 Å². The van der Waals surface area contributed by atoms with Crippen molar-refractivity contribution in [3.05, 3.63) is 48.0 Å². The van der Waals surface area contributed by atoms with Crippen molar-refractivity contribution in [2.45, 2.75) is 25.3 Å². The number of ether oxygens (including phenoxy) is 1. The van der Waals surface area contributed by atoms with Crippen LogP contribution in [-0.2, 0) is 0 Å². The van der Waals surface area contributed by atoms with Crippen molar-refractivity contribution in [2.75, 3.05) is 18.2 Å². The molecule has 5 heteroatoms. The number of alkyl halides is 1. The number of nitriles is 1. The number of nitrogen functional groups attached to an aromatic ring is 1. The highest BCUT2D eigenvalue weighted by Crippen LogP contribution is 2.43.